The van der Waals surface area contributed by atoms with E-state index in [0.29, 0.717) is 11.1 Å². The van der Waals surface area contributed by atoms with Crippen molar-refractivity contribution in [2.45, 2.75) is 13.3 Å². The van der Waals surface area contributed by atoms with E-state index in [-0.39, 0.29) is 11.3 Å². The molecule has 1 heterocycles. The van der Waals surface area contributed by atoms with E-state index < -0.39 is 6.36 Å². The van der Waals surface area contributed by atoms with E-state index in [4.69, 9.17) is 4.74 Å². The van der Waals surface area contributed by atoms with Crippen LogP contribution < -0.4 is 14.8 Å². The predicted molar refractivity (Wildman–Crippen MR) is 102 cm³/mol. The van der Waals surface area contributed by atoms with Gasteiger partial charge in [0.25, 0.3) is 0 Å². The third-order valence-electron chi connectivity index (χ3n) is 3.73. The van der Waals surface area contributed by atoms with E-state index >= 15 is 0 Å². The minimum Gasteiger partial charge on any atom is -0.497 e. The molecule has 3 rings (SSSR count). The molecule has 0 amide bonds. The zero-order valence-corrected chi connectivity index (χ0v) is 16.0. The number of fused-ring (bicyclic) bond motifs is 1. The fourth-order valence-corrected chi connectivity index (χ4v) is 3.11. The van der Waals surface area contributed by atoms with Gasteiger partial charge in [0.15, 0.2) is 5.75 Å². The predicted octanol–water partition coefficient (Wildman–Crippen LogP) is 5.80. The number of rotatable bonds is 4. The lowest BCUT2D eigenvalue weighted by Gasteiger charge is -2.16. The third kappa shape index (κ3) is 3.95. The largest absolute Gasteiger partial charge is 0.573 e. The third-order valence-corrected chi connectivity index (χ3v) is 4.55. The average molecular weight is 474 g/mol. The fourth-order valence-electron chi connectivity index (χ4n) is 2.54. The Labute approximate surface area is 161 Å². The van der Waals surface area contributed by atoms with Gasteiger partial charge in [-0.3, -0.25) is 4.98 Å². The quantitative estimate of drug-likeness (QED) is 0.486. The first kappa shape index (κ1) is 18.6. The number of anilines is 2. The second-order valence-electron chi connectivity index (χ2n) is 5.49. The summed E-state index contributed by atoms with van der Waals surface area (Å²) in [5.74, 6) is 0.393. The number of alkyl halides is 3. The Bertz CT molecular complexity index is 961. The molecule has 0 radical (unpaired) electrons. The Hall–Kier alpha value is -2.23. The zero-order chi connectivity index (χ0) is 18.9. The van der Waals surface area contributed by atoms with Gasteiger partial charge < -0.3 is 14.8 Å². The number of nitrogens with one attached hydrogen (secondary N) is 1. The van der Waals surface area contributed by atoms with Crippen molar-refractivity contribution >= 4 is 44.9 Å². The summed E-state index contributed by atoms with van der Waals surface area (Å²) in [5, 5.41) is 3.82. The van der Waals surface area contributed by atoms with Crippen molar-refractivity contribution in [2.24, 2.45) is 0 Å². The standard InChI is InChI=1S/C18H14F3IN2O2/c1-10-8-11(25-2)6-7-14(10)24-16-12-4-3-5-15(26-18(19,20)21)17(12)23-9-13(16)22/h3-9H,1-2H3,(H,23,24). The van der Waals surface area contributed by atoms with Crippen LogP contribution in [-0.4, -0.2) is 18.5 Å². The Morgan fingerprint density at radius 1 is 1.15 bits per heavy atom. The highest BCUT2D eigenvalue weighted by Crippen LogP contribution is 2.36. The Morgan fingerprint density at radius 3 is 2.58 bits per heavy atom. The van der Waals surface area contributed by atoms with Gasteiger partial charge in [0, 0.05) is 17.3 Å². The molecule has 0 aliphatic rings. The number of ether oxygens (including phenoxy) is 2. The maximum Gasteiger partial charge on any atom is 0.573 e. The van der Waals surface area contributed by atoms with Crippen molar-refractivity contribution in [3.8, 4) is 11.5 Å². The van der Waals surface area contributed by atoms with Gasteiger partial charge >= 0.3 is 6.36 Å². The number of halogens is 4. The minimum atomic E-state index is -4.78. The van der Waals surface area contributed by atoms with Crippen LogP contribution in [-0.2, 0) is 0 Å². The minimum absolute atomic E-state index is 0.138. The monoisotopic (exact) mass is 474 g/mol. The van der Waals surface area contributed by atoms with E-state index in [2.05, 4.69) is 37.6 Å². The molecular weight excluding hydrogens is 460 g/mol. The molecule has 0 spiro atoms. The topological polar surface area (TPSA) is 43.4 Å². The Balaban J connectivity index is 2.08. The number of nitrogens with zero attached hydrogens (tertiary/aromatic N) is 1. The summed E-state index contributed by atoms with van der Waals surface area (Å²) in [6, 6.07) is 9.99. The molecule has 0 bridgehead atoms. The van der Waals surface area contributed by atoms with Crippen molar-refractivity contribution in [2.75, 3.05) is 12.4 Å². The number of hydrogen-bond acceptors (Lipinski definition) is 4. The number of para-hydroxylation sites is 1. The first-order valence-electron chi connectivity index (χ1n) is 7.53. The lowest BCUT2D eigenvalue weighted by molar-refractivity contribution is -0.274. The molecule has 1 aromatic heterocycles. The summed E-state index contributed by atoms with van der Waals surface area (Å²) < 4.78 is 48.0. The average Bonchev–Trinajstić information content (AvgIpc) is 2.57. The second-order valence-corrected chi connectivity index (χ2v) is 6.65. The normalized spacial score (nSPS) is 11.5. The van der Waals surface area contributed by atoms with Crippen molar-refractivity contribution in [1.29, 1.82) is 0 Å². The van der Waals surface area contributed by atoms with Crippen LogP contribution in [0.5, 0.6) is 11.5 Å². The van der Waals surface area contributed by atoms with Crippen molar-refractivity contribution < 1.29 is 22.6 Å². The van der Waals surface area contributed by atoms with Gasteiger partial charge in [-0.25, -0.2) is 0 Å². The van der Waals surface area contributed by atoms with Gasteiger partial charge in [0.2, 0.25) is 0 Å². The number of aromatic nitrogens is 1. The summed E-state index contributed by atoms with van der Waals surface area (Å²) >= 11 is 2.09. The molecule has 26 heavy (non-hydrogen) atoms. The molecule has 0 saturated carbocycles. The first-order chi connectivity index (χ1) is 12.3. The molecule has 136 valence electrons. The van der Waals surface area contributed by atoms with Gasteiger partial charge in [-0.1, -0.05) is 12.1 Å². The molecule has 0 aliphatic heterocycles. The van der Waals surface area contributed by atoms with Gasteiger partial charge in [-0.05, 0) is 59.3 Å². The van der Waals surface area contributed by atoms with E-state index in [0.717, 1.165) is 20.6 Å². The SMILES string of the molecule is COc1ccc(Nc2c(I)cnc3c(OC(F)(F)F)cccc23)c(C)c1. The van der Waals surface area contributed by atoms with Gasteiger partial charge in [-0.15, -0.1) is 13.2 Å². The summed E-state index contributed by atoms with van der Waals surface area (Å²) in [6.07, 6.45) is -3.27. The Kier molecular flexibility index (Phi) is 5.12. The van der Waals surface area contributed by atoms with Crippen LogP contribution in [0.25, 0.3) is 10.9 Å². The van der Waals surface area contributed by atoms with Crippen LogP contribution in [0, 0.1) is 10.5 Å². The van der Waals surface area contributed by atoms with Crippen LogP contribution >= 0.6 is 22.6 Å². The molecule has 1 N–H and O–H groups in total. The highest BCUT2D eigenvalue weighted by molar-refractivity contribution is 14.1. The summed E-state index contributed by atoms with van der Waals surface area (Å²) in [5.41, 5.74) is 2.56. The smallest absolute Gasteiger partial charge is 0.497 e. The van der Waals surface area contributed by atoms with E-state index in [9.17, 15) is 13.2 Å². The lowest BCUT2D eigenvalue weighted by Crippen LogP contribution is -2.17. The summed E-state index contributed by atoms with van der Waals surface area (Å²) in [6.45, 7) is 1.92. The molecule has 4 nitrogen and oxygen atoms in total. The van der Waals surface area contributed by atoms with Crippen LogP contribution in [0.3, 0.4) is 0 Å². The van der Waals surface area contributed by atoms with Crippen molar-refractivity contribution in [3.05, 3.63) is 51.7 Å². The molecule has 0 saturated heterocycles. The van der Waals surface area contributed by atoms with Gasteiger partial charge in [0.1, 0.15) is 11.3 Å². The zero-order valence-electron chi connectivity index (χ0n) is 13.8. The van der Waals surface area contributed by atoms with Crippen LogP contribution in [0.2, 0.25) is 0 Å². The highest BCUT2D eigenvalue weighted by Gasteiger charge is 2.32. The van der Waals surface area contributed by atoms with Crippen LogP contribution in [0.15, 0.2) is 42.6 Å². The first-order valence-corrected chi connectivity index (χ1v) is 8.61. The molecule has 3 aromatic rings. The maximum atomic E-state index is 12.6. The highest BCUT2D eigenvalue weighted by atomic mass is 127. The lowest BCUT2D eigenvalue weighted by atomic mass is 10.1. The Morgan fingerprint density at radius 2 is 1.92 bits per heavy atom. The summed E-state index contributed by atoms with van der Waals surface area (Å²) in [7, 11) is 1.59. The number of aryl methyl sites for hydroxylation is 1. The second kappa shape index (κ2) is 7.18. The number of pyridine rings is 1. The molecule has 8 heteroatoms. The van der Waals surface area contributed by atoms with E-state index in [1.165, 1.54) is 18.3 Å². The molecule has 0 unspecified atom stereocenters. The number of hydrogen-bond donors (Lipinski definition) is 1. The molecular formula is C18H14F3IN2O2. The number of benzene rings is 2. The van der Waals surface area contributed by atoms with Crippen LogP contribution in [0.1, 0.15) is 5.56 Å². The molecule has 0 aliphatic carbocycles. The van der Waals surface area contributed by atoms with Crippen molar-refractivity contribution in [3.63, 3.8) is 0 Å². The molecule has 0 fully saturated rings. The number of methoxy groups -OCH3 is 1. The molecule has 2 aromatic carbocycles. The van der Waals surface area contributed by atoms with Crippen LogP contribution in [0.4, 0.5) is 24.5 Å². The summed E-state index contributed by atoms with van der Waals surface area (Å²) in [4.78, 5) is 4.12. The van der Waals surface area contributed by atoms with Gasteiger partial charge in [-0.2, -0.15) is 0 Å². The van der Waals surface area contributed by atoms with E-state index in [1.54, 1.807) is 13.2 Å². The van der Waals surface area contributed by atoms with E-state index in [1.807, 2.05) is 25.1 Å². The van der Waals surface area contributed by atoms with Gasteiger partial charge in [0.05, 0.1) is 16.4 Å². The van der Waals surface area contributed by atoms with Crippen molar-refractivity contribution in [1.82, 2.24) is 4.98 Å². The fraction of sp³-hybridized carbons (Fsp3) is 0.167. The maximum absolute atomic E-state index is 12.6. The molecule has 0 atom stereocenters.